The van der Waals surface area contributed by atoms with Crippen molar-refractivity contribution in [3.63, 3.8) is 0 Å². The molecule has 1 aromatic rings. The first-order valence-electron chi connectivity index (χ1n) is 4.65. The van der Waals surface area contributed by atoms with Gasteiger partial charge < -0.3 is 10.2 Å². The number of aliphatic carboxylic acids is 1. The van der Waals surface area contributed by atoms with Gasteiger partial charge in [-0.05, 0) is 23.6 Å². The molecule has 3 nitrogen and oxygen atoms in total. The SMILES string of the molecule is CC(C)c1cc(Cl)cc(CC(=O)O)c1O. The van der Waals surface area contributed by atoms with Crippen LogP contribution in [0.4, 0.5) is 0 Å². The fourth-order valence-corrected chi connectivity index (χ4v) is 1.67. The normalized spacial score (nSPS) is 10.7. The number of carbonyl (C=O) groups is 1. The van der Waals surface area contributed by atoms with Crippen LogP contribution in [0.25, 0.3) is 0 Å². The molecule has 0 amide bonds. The number of hydrogen-bond acceptors (Lipinski definition) is 2. The van der Waals surface area contributed by atoms with Gasteiger partial charge in [-0.25, -0.2) is 0 Å². The van der Waals surface area contributed by atoms with E-state index < -0.39 is 5.97 Å². The highest BCUT2D eigenvalue weighted by Gasteiger charge is 2.14. The Balaban J connectivity index is 3.21. The van der Waals surface area contributed by atoms with Crippen LogP contribution in [0, 0.1) is 0 Å². The Morgan fingerprint density at radius 3 is 2.53 bits per heavy atom. The summed E-state index contributed by atoms with van der Waals surface area (Å²) in [5.41, 5.74) is 1.04. The number of phenolic OH excluding ortho intramolecular Hbond substituents is 1. The molecule has 0 saturated carbocycles. The van der Waals surface area contributed by atoms with E-state index in [4.69, 9.17) is 16.7 Å². The standard InChI is InChI=1S/C11H13ClO3/c1-6(2)9-5-8(12)3-7(11(9)15)4-10(13)14/h3,5-6,15H,4H2,1-2H3,(H,13,14). The third-order valence-corrected chi connectivity index (χ3v) is 2.37. The van der Waals surface area contributed by atoms with Crippen molar-refractivity contribution in [2.24, 2.45) is 0 Å². The fourth-order valence-electron chi connectivity index (χ4n) is 1.42. The third-order valence-electron chi connectivity index (χ3n) is 2.15. The van der Waals surface area contributed by atoms with Gasteiger partial charge in [0.2, 0.25) is 0 Å². The quantitative estimate of drug-likeness (QED) is 0.837. The molecule has 0 aliphatic rings. The summed E-state index contributed by atoms with van der Waals surface area (Å²) in [5.74, 6) is -0.838. The first kappa shape index (κ1) is 11.9. The molecule has 0 aromatic heterocycles. The Morgan fingerprint density at radius 2 is 2.07 bits per heavy atom. The van der Waals surface area contributed by atoms with Gasteiger partial charge in [-0.3, -0.25) is 4.79 Å². The zero-order chi connectivity index (χ0) is 11.6. The van der Waals surface area contributed by atoms with Crippen molar-refractivity contribution >= 4 is 17.6 Å². The van der Waals surface area contributed by atoms with Crippen molar-refractivity contribution in [2.45, 2.75) is 26.2 Å². The van der Waals surface area contributed by atoms with Gasteiger partial charge in [-0.15, -0.1) is 0 Å². The Hall–Kier alpha value is -1.22. The molecule has 0 aliphatic heterocycles. The number of rotatable bonds is 3. The van der Waals surface area contributed by atoms with Crippen molar-refractivity contribution in [3.8, 4) is 5.75 Å². The lowest BCUT2D eigenvalue weighted by Crippen LogP contribution is -2.02. The summed E-state index contributed by atoms with van der Waals surface area (Å²) in [4.78, 5) is 10.6. The van der Waals surface area contributed by atoms with E-state index in [1.807, 2.05) is 13.8 Å². The minimum absolute atomic E-state index is 0.0387. The Labute approximate surface area is 93.3 Å². The van der Waals surface area contributed by atoms with Gasteiger partial charge >= 0.3 is 5.97 Å². The molecule has 1 rings (SSSR count). The molecule has 0 atom stereocenters. The average Bonchev–Trinajstić information content (AvgIpc) is 2.09. The van der Waals surface area contributed by atoms with Gasteiger partial charge in [-0.2, -0.15) is 0 Å². The van der Waals surface area contributed by atoms with Crippen molar-refractivity contribution in [1.29, 1.82) is 0 Å². The van der Waals surface area contributed by atoms with Crippen LogP contribution in [0.1, 0.15) is 30.9 Å². The van der Waals surface area contributed by atoms with E-state index in [0.29, 0.717) is 16.1 Å². The van der Waals surface area contributed by atoms with Crippen molar-refractivity contribution in [1.82, 2.24) is 0 Å². The number of halogens is 1. The van der Waals surface area contributed by atoms with E-state index in [2.05, 4.69) is 0 Å². The van der Waals surface area contributed by atoms with Crippen LogP contribution in [-0.2, 0) is 11.2 Å². The predicted octanol–water partition coefficient (Wildman–Crippen LogP) is 2.80. The largest absolute Gasteiger partial charge is 0.507 e. The minimum Gasteiger partial charge on any atom is -0.507 e. The zero-order valence-corrected chi connectivity index (χ0v) is 9.38. The van der Waals surface area contributed by atoms with Crippen molar-refractivity contribution < 1.29 is 15.0 Å². The van der Waals surface area contributed by atoms with Crippen LogP contribution in [-0.4, -0.2) is 16.2 Å². The molecule has 0 unspecified atom stereocenters. The van der Waals surface area contributed by atoms with E-state index >= 15 is 0 Å². The first-order chi connectivity index (χ1) is 6.91. The Kier molecular flexibility index (Phi) is 3.58. The molecule has 4 heteroatoms. The van der Waals surface area contributed by atoms with E-state index in [1.54, 1.807) is 6.07 Å². The van der Waals surface area contributed by atoms with Gasteiger partial charge in [0.1, 0.15) is 5.75 Å². The molecule has 2 N–H and O–H groups in total. The monoisotopic (exact) mass is 228 g/mol. The molecule has 0 radical (unpaired) electrons. The summed E-state index contributed by atoms with van der Waals surface area (Å²) in [7, 11) is 0. The Morgan fingerprint density at radius 1 is 1.47 bits per heavy atom. The fraction of sp³-hybridized carbons (Fsp3) is 0.364. The average molecular weight is 229 g/mol. The number of carboxylic acids is 1. The van der Waals surface area contributed by atoms with Crippen LogP contribution in [0.2, 0.25) is 5.02 Å². The van der Waals surface area contributed by atoms with E-state index in [-0.39, 0.29) is 18.1 Å². The number of phenols is 1. The van der Waals surface area contributed by atoms with Crippen LogP contribution in [0.3, 0.4) is 0 Å². The zero-order valence-electron chi connectivity index (χ0n) is 8.62. The summed E-state index contributed by atoms with van der Waals surface area (Å²) in [5, 5.41) is 18.9. The number of benzene rings is 1. The molecule has 15 heavy (non-hydrogen) atoms. The van der Waals surface area contributed by atoms with Crippen LogP contribution in [0.15, 0.2) is 12.1 Å². The molecular formula is C11H13ClO3. The molecule has 0 fully saturated rings. The third kappa shape index (κ3) is 2.86. The summed E-state index contributed by atoms with van der Waals surface area (Å²) in [6.07, 6.45) is -0.216. The summed E-state index contributed by atoms with van der Waals surface area (Å²) >= 11 is 5.85. The molecule has 0 heterocycles. The van der Waals surface area contributed by atoms with E-state index in [9.17, 15) is 9.90 Å². The maximum Gasteiger partial charge on any atom is 0.307 e. The first-order valence-corrected chi connectivity index (χ1v) is 5.02. The summed E-state index contributed by atoms with van der Waals surface area (Å²) in [6.45, 7) is 3.83. The number of carboxylic acid groups (broad SMARTS) is 1. The minimum atomic E-state index is -0.984. The lowest BCUT2D eigenvalue weighted by molar-refractivity contribution is -0.136. The van der Waals surface area contributed by atoms with Crippen LogP contribution >= 0.6 is 11.6 Å². The van der Waals surface area contributed by atoms with Crippen molar-refractivity contribution in [2.75, 3.05) is 0 Å². The smallest absolute Gasteiger partial charge is 0.307 e. The topological polar surface area (TPSA) is 57.5 Å². The van der Waals surface area contributed by atoms with Gasteiger partial charge in [0.25, 0.3) is 0 Å². The number of aromatic hydroxyl groups is 1. The van der Waals surface area contributed by atoms with Gasteiger partial charge in [0.05, 0.1) is 6.42 Å². The van der Waals surface area contributed by atoms with Gasteiger partial charge in [0, 0.05) is 10.6 Å². The predicted molar refractivity (Wildman–Crippen MR) is 58.5 cm³/mol. The highest BCUT2D eigenvalue weighted by molar-refractivity contribution is 6.30. The Bertz CT molecular complexity index is 386. The summed E-state index contributed by atoms with van der Waals surface area (Å²) in [6, 6.07) is 3.14. The molecular weight excluding hydrogens is 216 g/mol. The van der Waals surface area contributed by atoms with E-state index in [0.717, 1.165) is 0 Å². The molecule has 0 spiro atoms. The number of hydrogen-bond donors (Lipinski definition) is 2. The maximum atomic E-state index is 10.6. The van der Waals surface area contributed by atoms with Crippen LogP contribution in [0.5, 0.6) is 5.75 Å². The lowest BCUT2D eigenvalue weighted by atomic mass is 9.98. The van der Waals surface area contributed by atoms with Gasteiger partial charge in [0.15, 0.2) is 0 Å². The molecule has 0 saturated heterocycles. The van der Waals surface area contributed by atoms with Crippen molar-refractivity contribution in [3.05, 3.63) is 28.3 Å². The summed E-state index contributed by atoms with van der Waals surface area (Å²) < 4.78 is 0. The lowest BCUT2D eigenvalue weighted by Gasteiger charge is -2.12. The van der Waals surface area contributed by atoms with E-state index in [1.165, 1.54) is 6.07 Å². The highest BCUT2D eigenvalue weighted by Crippen LogP contribution is 2.32. The molecule has 0 bridgehead atoms. The highest BCUT2D eigenvalue weighted by atomic mass is 35.5. The molecule has 82 valence electrons. The second-order valence-electron chi connectivity index (χ2n) is 3.73. The molecule has 0 aliphatic carbocycles. The second kappa shape index (κ2) is 4.53. The molecule has 1 aromatic carbocycles. The van der Waals surface area contributed by atoms with Crippen LogP contribution < -0.4 is 0 Å². The second-order valence-corrected chi connectivity index (χ2v) is 4.16. The maximum absolute atomic E-state index is 10.6. The van der Waals surface area contributed by atoms with Gasteiger partial charge in [-0.1, -0.05) is 25.4 Å².